The summed E-state index contributed by atoms with van der Waals surface area (Å²) in [5.74, 6) is 0.332. The van der Waals surface area contributed by atoms with Gasteiger partial charge in [0.2, 0.25) is 0 Å². The highest BCUT2D eigenvalue weighted by Gasteiger charge is 2.26. The van der Waals surface area contributed by atoms with Gasteiger partial charge in [-0.05, 0) is 82.8 Å². The summed E-state index contributed by atoms with van der Waals surface area (Å²) in [6.07, 6.45) is 8.92. The molecule has 1 aromatic heterocycles. The van der Waals surface area contributed by atoms with Crippen LogP contribution in [0.15, 0.2) is 90.0 Å². The number of hydrogen-bond acceptors (Lipinski definition) is 5. The van der Waals surface area contributed by atoms with Crippen molar-refractivity contribution in [3.05, 3.63) is 101 Å². The molecular weight excluding hydrogens is 530 g/mol. The van der Waals surface area contributed by atoms with E-state index in [9.17, 15) is 13.5 Å². The summed E-state index contributed by atoms with van der Waals surface area (Å²) in [4.78, 5) is 4.90. The van der Waals surface area contributed by atoms with Gasteiger partial charge in [0.1, 0.15) is 10.7 Å². The highest BCUT2D eigenvalue weighted by atomic mass is 32.2. The zero-order valence-electron chi connectivity index (χ0n) is 23.7. The van der Waals surface area contributed by atoms with Crippen LogP contribution in [0.5, 0.6) is 11.5 Å². The molecule has 0 unspecified atom stereocenters. The van der Waals surface area contributed by atoms with Crippen molar-refractivity contribution in [2.75, 3.05) is 0 Å². The van der Waals surface area contributed by atoms with Crippen LogP contribution in [0.3, 0.4) is 0 Å². The monoisotopic (exact) mass is 563 g/mol. The molecule has 5 aromatic rings. The summed E-state index contributed by atoms with van der Waals surface area (Å²) in [6.45, 7) is 8.45. The van der Waals surface area contributed by atoms with E-state index in [0.29, 0.717) is 29.5 Å². The van der Waals surface area contributed by atoms with Crippen molar-refractivity contribution in [3.63, 3.8) is 0 Å². The van der Waals surface area contributed by atoms with Crippen LogP contribution in [-0.4, -0.2) is 18.5 Å². The zero-order valence-corrected chi connectivity index (χ0v) is 24.5. The summed E-state index contributed by atoms with van der Waals surface area (Å²) in [5, 5.41) is 17.0. The van der Waals surface area contributed by atoms with Gasteiger partial charge in [0.05, 0.1) is 11.1 Å². The Labute approximate surface area is 240 Å². The van der Waals surface area contributed by atoms with Crippen molar-refractivity contribution in [2.24, 2.45) is 5.41 Å². The van der Waals surface area contributed by atoms with Crippen molar-refractivity contribution in [1.82, 2.24) is 4.98 Å². The summed E-state index contributed by atoms with van der Waals surface area (Å²) in [5.41, 5.74) is 2.86. The third kappa shape index (κ3) is 5.08. The van der Waals surface area contributed by atoms with Crippen LogP contribution >= 0.6 is 0 Å². The molecule has 41 heavy (non-hydrogen) atoms. The van der Waals surface area contributed by atoms with Gasteiger partial charge in [-0.3, -0.25) is 4.98 Å². The Hall–Kier alpha value is -4.16. The van der Waals surface area contributed by atoms with Gasteiger partial charge in [-0.15, -0.1) is 0 Å². The maximum Gasteiger partial charge on any atom is 0.338 e. The molecule has 5 nitrogen and oxygen atoms in total. The highest BCUT2D eigenvalue weighted by molar-refractivity contribution is 7.91. The van der Waals surface area contributed by atoms with Crippen LogP contribution in [0, 0.1) is 12.3 Å². The molecule has 0 fully saturated rings. The van der Waals surface area contributed by atoms with E-state index < -0.39 is 10.1 Å². The van der Waals surface area contributed by atoms with E-state index >= 15 is 0 Å². The number of aryl methyl sites for hydroxylation is 1. The summed E-state index contributed by atoms with van der Waals surface area (Å²) >= 11 is 0. The van der Waals surface area contributed by atoms with Crippen LogP contribution in [0.2, 0.25) is 0 Å². The molecule has 0 aliphatic heterocycles. The average Bonchev–Trinajstić information content (AvgIpc) is 2.94. The van der Waals surface area contributed by atoms with Gasteiger partial charge in [0.25, 0.3) is 0 Å². The lowest BCUT2D eigenvalue weighted by Gasteiger charge is -2.22. The van der Waals surface area contributed by atoms with Crippen molar-refractivity contribution >= 4 is 42.4 Å². The summed E-state index contributed by atoms with van der Waals surface area (Å²) in [7, 11) is -4.10. The molecule has 6 rings (SSSR count). The fourth-order valence-corrected chi connectivity index (χ4v) is 6.74. The van der Waals surface area contributed by atoms with Gasteiger partial charge < -0.3 is 9.29 Å². The summed E-state index contributed by atoms with van der Waals surface area (Å²) < 4.78 is 32.9. The van der Waals surface area contributed by atoms with E-state index in [1.165, 1.54) is 0 Å². The lowest BCUT2D eigenvalue weighted by atomic mass is 9.84. The first-order chi connectivity index (χ1) is 19.5. The molecule has 0 amide bonds. The number of benzene rings is 4. The number of pyridine rings is 1. The van der Waals surface area contributed by atoms with E-state index in [2.05, 4.69) is 26.8 Å². The quantitative estimate of drug-likeness (QED) is 0.171. The third-order valence-electron chi connectivity index (χ3n) is 7.52. The molecule has 1 aliphatic rings. The lowest BCUT2D eigenvalue weighted by molar-refractivity contribution is 0.397. The first kappa shape index (κ1) is 27.0. The highest BCUT2D eigenvalue weighted by Crippen LogP contribution is 2.45. The molecule has 1 aliphatic carbocycles. The predicted octanol–water partition coefficient (Wildman–Crippen LogP) is 8.75. The minimum atomic E-state index is -4.10. The topological polar surface area (TPSA) is 76.5 Å². The van der Waals surface area contributed by atoms with E-state index in [-0.39, 0.29) is 21.8 Å². The second-order valence-electron chi connectivity index (χ2n) is 12.0. The van der Waals surface area contributed by atoms with Crippen LogP contribution in [-0.2, 0) is 16.5 Å². The minimum absolute atomic E-state index is 0.0810. The molecule has 0 bridgehead atoms. The fourth-order valence-electron chi connectivity index (χ4n) is 5.69. The fraction of sp³-hybridized carbons (Fsp3) is 0.229. The smallest absolute Gasteiger partial charge is 0.338 e. The van der Waals surface area contributed by atoms with Gasteiger partial charge in [-0.2, -0.15) is 8.42 Å². The van der Waals surface area contributed by atoms with E-state index in [4.69, 9.17) is 9.17 Å². The van der Waals surface area contributed by atoms with Gasteiger partial charge in [0, 0.05) is 17.3 Å². The minimum Gasteiger partial charge on any atom is -0.507 e. The second-order valence-corrected chi connectivity index (χ2v) is 13.6. The Morgan fingerprint density at radius 2 is 1.71 bits per heavy atom. The van der Waals surface area contributed by atoms with E-state index in [1.54, 1.807) is 24.4 Å². The number of hydrogen-bond donors (Lipinski definition) is 1. The molecule has 0 atom stereocenters. The number of phenols is 1. The van der Waals surface area contributed by atoms with Crippen molar-refractivity contribution in [3.8, 4) is 22.8 Å². The molecule has 0 saturated carbocycles. The first-order valence-corrected chi connectivity index (χ1v) is 15.3. The molecule has 0 spiro atoms. The Morgan fingerprint density at radius 3 is 2.46 bits per heavy atom. The van der Waals surface area contributed by atoms with Crippen LogP contribution in [0.25, 0.3) is 43.6 Å². The zero-order chi connectivity index (χ0) is 28.9. The molecule has 4 aromatic carbocycles. The maximum absolute atomic E-state index is 13.5. The normalized spacial score (nSPS) is 14.1. The molecule has 208 valence electrons. The van der Waals surface area contributed by atoms with Gasteiger partial charge in [-0.25, -0.2) is 0 Å². The molecule has 6 heteroatoms. The largest absolute Gasteiger partial charge is 0.507 e. The number of aromatic hydroxyl groups is 1. The number of aromatic nitrogens is 1. The number of nitrogens with zero attached hydrogens (tertiary/aromatic N) is 1. The number of rotatable bonds is 5. The van der Waals surface area contributed by atoms with Crippen molar-refractivity contribution in [2.45, 2.75) is 47.0 Å². The third-order valence-corrected chi connectivity index (χ3v) is 8.80. The van der Waals surface area contributed by atoms with Crippen LogP contribution in [0.1, 0.15) is 44.7 Å². The van der Waals surface area contributed by atoms with Crippen molar-refractivity contribution < 1.29 is 17.7 Å². The van der Waals surface area contributed by atoms with Crippen LogP contribution in [0.4, 0.5) is 0 Å². The second kappa shape index (κ2) is 10.0. The molecule has 1 heterocycles. The van der Waals surface area contributed by atoms with Crippen molar-refractivity contribution in [1.29, 1.82) is 0 Å². The van der Waals surface area contributed by atoms with Gasteiger partial charge in [0.15, 0.2) is 5.75 Å². The Morgan fingerprint density at radius 1 is 0.927 bits per heavy atom. The van der Waals surface area contributed by atoms with Crippen LogP contribution < -0.4 is 4.18 Å². The predicted molar refractivity (Wildman–Crippen MR) is 168 cm³/mol. The molecule has 0 saturated heterocycles. The Kier molecular flexibility index (Phi) is 6.62. The Bertz CT molecular complexity index is 2010. The standard InChI is InChI=1S/C35H33NO4S/c1-22-14-15-24-20-31(40-41(38,39)25-11-6-5-7-12-25)32-27(28(24)18-22)16-17-36-33(32)29-19-23-10-8-9-13-26(23)30(34(29)37)21-35(2,3)4/h6,8-20,37H,5,7,21H2,1-4H3. The average molecular weight is 564 g/mol. The van der Waals surface area contributed by atoms with Gasteiger partial charge in [-0.1, -0.05) is 81.0 Å². The first-order valence-electron chi connectivity index (χ1n) is 13.9. The summed E-state index contributed by atoms with van der Waals surface area (Å²) in [6, 6.07) is 19.6. The maximum atomic E-state index is 13.5. The number of fused-ring (bicyclic) bond motifs is 4. The molecule has 0 radical (unpaired) electrons. The Balaban J connectivity index is 1.68. The SMILES string of the molecule is Cc1ccc2cc(OS(=O)(=O)C3=CCCC=C3)c3c(-c4cc5ccccc5c(CC(C)(C)C)c4O)nccc3c2c1. The number of phenolic OH excluding ortho intramolecular Hbond substituents is 1. The van der Waals surface area contributed by atoms with E-state index in [1.807, 2.05) is 61.5 Å². The lowest BCUT2D eigenvalue weighted by Crippen LogP contribution is -2.12. The molecular formula is C35H33NO4S. The van der Waals surface area contributed by atoms with Gasteiger partial charge >= 0.3 is 10.1 Å². The molecule has 1 N–H and O–H groups in total. The van der Waals surface area contributed by atoms with E-state index in [0.717, 1.165) is 44.5 Å². The number of allylic oxidation sites excluding steroid dienone is 3.